The average molecular weight is 493 g/mol. The number of likely N-dealkylation sites (N-methyl/N-ethyl adjacent to an activating group) is 1. The van der Waals surface area contributed by atoms with Gasteiger partial charge in [-0.3, -0.25) is 14.6 Å². The van der Waals surface area contributed by atoms with Gasteiger partial charge < -0.3 is 19.6 Å². The number of carbonyl (C=O) groups excluding carboxylic acids is 2. The van der Waals surface area contributed by atoms with E-state index in [0.717, 1.165) is 12.0 Å². The van der Waals surface area contributed by atoms with Crippen LogP contribution >= 0.6 is 0 Å². The van der Waals surface area contributed by atoms with Gasteiger partial charge in [-0.2, -0.15) is 0 Å². The van der Waals surface area contributed by atoms with Gasteiger partial charge in [0.2, 0.25) is 11.8 Å². The maximum absolute atomic E-state index is 13.5. The van der Waals surface area contributed by atoms with E-state index in [1.807, 2.05) is 19.9 Å². The molecule has 3 atom stereocenters. The highest BCUT2D eigenvalue weighted by Crippen LogP contribution is 2.27. The van der Waals surface area contributed by atoms with Crippen LogP contribution in [-0.4, -0.2) is 75.6 Å². The molecule has 0 aliphatic carbocycles. The number of nitrogens with zero attached hydrogens (tertiary/aromatic N) is 4. The number of hydrogen-bond donors (Lipinski definition) is 1. The highest BCUT2D eigenvalue weighted by atomic mass is 16.5. The number of aromatic nitrogens is 2. The highest BCUT2D eigenvalue weighted by molar-refractivity contribution is 5.97. The molecule has 0 radical (unpaired) electrons. The minimum absolute atomic E-state index is 0.0542. The zero-order chi connectivity index (χ0) is 26.2. The van der Waals surface area contributed by atoms with Crippen molar-refractivity contribution in [2.45, 2.75) is 52.7 Å². The van der Waals surface area contributed by atoms with E-state index >= 15 is 0 Å². The Morgan fingerprint density at radius 2 is 2.11 bits per heavy atom. The number of pyridine rings is 2. The minimum atomic E-state index is -0.404. The van der Waals surface area contributed by atoms with Crippen molar-refractivity contribution >= 4 is 11.8 Å². The topological polar surface area (TPSA) is 95.9 Å². The fourth-order valence-corrected chi connectivity index (χ4v) is 3.93. The number of hydrogen-bond acceptors (Lipinski definition) is 6. The van der Waals surface area contributed by atoms with Crippen molar-refractivity contribution in [2.24, 2.45) is 11.8 Å². The molecule has 8 heteroatoms. The normalized spacial score (nSPS) is 18.3. The van der Waals surface area contributed by atoms with Crippen molar-refractivity contribution in [2.75, 3.05) is 26.7 Å². The van der Waals surface area contributed by atoms with Crippen molar-refractivity contribution in [1.82, 2.24) is 19.8 Å². The lowest BCUT2D eigenvalue weighted by atomic mass is 9.99. The van der Waals surface area contributed by atoms with Crippen LogP contribution in [0.15, 0.2) is 36.8 Å². The van der Waals surface area contributed by atoms with Gasteiger partial charge in [0.25, 0.3) is 5.91 Å². The van der Waals surface area contributed by atoms with E-state index < -0.39 is 6.10 Å². The van der Waals surface area contributed by atoms with E-state index in [0.29, 0.717) is 30.1 Å². The lowest BCUT2D eigenvalue weighted by molar-refractivity contribution is -0.130. The summed E-state index contributed by atoms with van der Waals surface area (Å²) < 4.78 is 6.27. The Balaban J connectivity index is 1.87. The Hall–Kier alpha value is -3.44. The van der Waals surface area contributed by atoms with Gasteiger partial charge in [0.05, 0.1) is 25.6 Å². The number of amides is 2. The molecule has 2 aromatic heterocycles. The van der Waals surface area contributed by atoms with Gasteiger partial charge >= 0.3 is 0 Å². The molecule has 0 saturated heterocycles. The lowest BCUT2D eigenvalue weighted by Crippen LogP contribution is -2.50. The first kappa shape index (κ1) is 27.2. The number of fused-ring (bicyclic) bond motifs is 1. The van der Waals surface area contributed by atoms with Crippen LogP contribution < -0.4 is 4.74 Å². The van der Waals surface area contributed by atoms with Crippen molar-refractivity contribution in [3.05, 3.63) is 53.5 Å². The summed E-state index contributed by atoms with van der Waals surface area (Å²) in [5.41, 5.74) is 1.79. The maximum atomic E-state index is 13.5. The Labute approximate surface area is 213 Å². The second kappa shape index (κ2) is 12.5. The van der Waals surface area contributed by atoms with Gasteiger partial charge in [-0.05, 0) is 30.5 Å². The number of ether oxygens (including phenoxy) is 1. The van der Waals surface area contributed by atoms with Gasteiger partial charge in [0, 0.05) is 50.1 Å². The third-order valence-electron chi connectivity index (χ3n) is 6.22. The third kappa shape index (κ3) is 7.05. The number of rotatable bonds is 7. The van der Waals surface area contributed by atoms with E-state index in [2.05, 4.69) is 35.7 Å². The predicted molar refractivity (Wildman–Crippen MR) is 137 cm³/mol. The summed E-state index contributed by atoms with van der Waals surface area (Å²) in [6.45, 7) is 8.52. The van der Waals surface area contributed by atoms with Gasteiger partial charge in [0.1, 0.15) is 11.7 Å². The molecule has 0 spiro atoms. The van der Waals surface area contributed by atoms with Gasteiger partial charge in [-0.25, -0.2) is 4.98 Å². The van der Waals surface area contributed by atoms with Crippen molar-refractivity contribution in [1.29, 1.82) is 0 Å². The summed E-state index contributed by atoms with van der Waals surface area (Å²) in [6.07, 6.45) is 5.55. The van der Waals surface area contributed by atoms with Crippen LogP contribution in [0.25, 0.3) is 0 Å². The molecule has 0 bridgehead atoms. The molecule has 2 amide bonds. The molecule has 192 valence electrons. The summed E-state index contributed by atoms with van der Waals surface area (Å²) in [7, 11) is 1.74. The quantitative estimate of drug-likeness (QED) is 0.597. The van der Waals surface area contributed by atoms with Crippen LogP contribution in [0.3, 0.4) is 0 Å². The molecular weight excluding hydrogens is 456 g/mol. The van der Waals surface area contributed by atoms with E-state index in [1.165, 1.54) is 0 Å². The second-order valence-electron chi connectivity index (χ2n) is 9.91. The van der Waals surface area contributed by atoms with Crippen LogP contribution in [0.5, 0.6) is 5.88 Å². The van der Waals surface area contributed by atoms with Crippen LogP contribution in [0.2, 0.25) is 0 Å². The predicted octanol–water partition coefficient (Wildman–Crippen LogP) is 2.80. The third-order valence-corrected chi connectivity index (χ3v) is 6.22. The molecule has 0 saturated carbocycles. The fourth-order valence-electron chi connectivity index (χ4n) is 3.93. The number of aliphatic hydroxyl groups is 1. The molecule has 0 fully saturated rings. The Morgan fingerprint density at radius 3 is 2.78 bits per heavy atom. The van der Waals surface area contributed by atoms with E-state index in [9.17, 15) is 14.7 Å². The Bertz CT molecular complexity index is 1110. The fraction of sp³-hybridized carbons (Fsp3) is 0.500. The SMILES string of the molecule is CC(C)CC#Cc1cnc2c(c1)C(=O)N([C@@H](C)CO)C[C@H](C)[C@H](CN(C)C(=O)Cc1cccnc1)O2. The van der Waals surface area contributed by atoms with Gasteiger partial charge in [-0.1, -0.05) is 38.7 Å². The van der Waals surface area contributed by atoms with Crippen LogP contribution in [0, 0.1) is 23.7 Å². The first-order valence-corrected chi connectivity index (χ1v) is 12.4. The first-order valence-electron chi connectivity index (χ1n) is 12.4. The largest absolute Gasteiger partial charge is 0.472 e. The molecule has 1 aliphatic rings. The Morgan fingerprint density at radius 1 is 1.33 bits per heavy atom. The molecular formula is C28H36N4O4. The van der Waals surface area contributed by atoms with Crippen molar-refractivity contribution < 1.29 is 19.4 Å². The van der Waals surface area contributed by atoms with Crippen molar-refractivity contribution in [3.8, 4) is 17.7 Å². The smallest absolute Gasteiger partial charge is 0.259 e. The van der Waals surface area contributed by atoms with E-state index in [4.69, 9.17) is 4.74 Å². The van der Waals surface area contributed by atoms with Crippen LogP contribution in [0.4, 0.5) is 0 Å². The summed E-state index contributed by atoms with van der Waals surface area (Å²) in [5.74, 6) is 6.45. The molecule has 2 aromatic rings. The summed E-state index contributed by atoms with van der Waals surface area (Å²) in [5, 5.41) is 9.83. The van der Waals surface area contributed by atoms with Crippen LogP contribution in [-0.2, 0) is 11.2 Å². The number of carbonyl (C=O) groups is 2. The Kier molecular flexibility index (Phi) is 9.43. The highest BCUT2D eigenvalue weighted by Gasteiger charge is 2.34. The molecule has 3 heterocycles. The summed E-state index contributed by atoms with van der Waals surface area (Å²) >= 11 is 0. The van der Waals surface area contributed by atoms with Crippen molar-refractivity contribution in [3.63, 3.8) is 0 Å². The lowest BCUT2D eigenvalue weighted by Gasteiger charge is -2.37. The number of aliphatic hydroxyl groups excluding tert-OH is 1. The van der Waals surface area contributed by atoms with Crippen LogP contribution in [0.1, 0.15) is 55.6 Å². The molecule has 1 N–H and O–H groups in total. The molecule has 0 aromatic carbocycles. The maximum Gasteiger partial charge on any atom is 0.259 e. The van der Waals surface area contributed by atoms with E-state index in [-0.39, 0.29) is 42.7 Å². The molecule has 3 rings (SSSR count). The average Bonchev–Trinajstić information content (AvgIpc) is 2.86. The van der Waals surface area contributed by atoms with Gasteiger partial charge in [0.15, 0.2) is 0 Å². The van der Waals surface area contributed by atoms with E-state index in [1.54, 1.807) is 47.6 Å². The molecule has 36 heavy (non-hydrogen) atoms. The standard InChI is InChI=1S/C28H36N4O4/c1-19(2)8-6-9-22-12-24-27(30-15-22)36-25(20(3)16-32(28(24)35)21(4)18-33)17-31(5)26(34)13-23-10-7-11-29-14-23/h7,10-12,14-15,19-21,25,33H,8,13,16-18H2,1-5H3/t20-,21-,25-/m0/s1. The molecule has 8 nitrogen and oxygen atoms in total. The summed E-state index contributed by atoms with van der Waals surface area (Å²) in [6, 6.07) is 5.00. The molecule has 1 aliphatic heterocycles. The molecule has 0 unspecified atom stereocenters. The zero-order valence-electron chi connectivity index (χ0n) is 21.8. The minimum Gasteiger partial charge on any atom is -0.472 e. The summed E-state index contributed by atoms with van der Waals surface area (Å²) in [4.78, 5) is 38.2. The van der Waals surface area contributed by atoms with Gasteiger partial charge in [-0.15, -0.1) is 0 Å². The monoisotopic (exact) mass is 492 g/mol. The second-order valence-corrected chi connectivity index (χ2v) is 9.91. The zero-order valence-corrected chi connectivity index (χ0v) is 21.8. The first-order chi connectivity index (χ1) is 17.2.